The zero-order valence-corrected chi connectivity index (χ0v) is 13.6. The Morgan fingerprint density at radius 1 is 1.14 bits per heavy atom. The molecule has 1 heterocycles. The van der Waals surface area contributed by atoms with E-state index in [2.05, 4.69) is 35.8 Å². The minimum atomic E-state index is 0.154. The zero-order valence-electron chi connectivity index (χ0n) is 13.6. The van der Waals surface area contributed by atoms with E-state index in [0.29, 0.717) is 0 Å². The molecule has 0 spiro atoms. The van der Waals surface area contributed by atoms with Crippen LogP contribution in [0, 0.1) is 0 Å². The number of hydrogen-bond acceptors (Lipinski definition) is 4. The van der Waals surface area contributed by atoms with E-state index < -0.39 is 0 Å². The summed E-state index contributed by atoms with van der Waals surface area (Å²) in [5.41, 5.74) is 7.46. The van der Waals surface area contributed by atoms with Crippen molar-refractivity contribution in [3.63, 3.8) is 0 Å². The number of ether oxygens (including phenoxy) is 1. The van der Waals surface area contributed by atoms with Crippen LogP contribution in [0.4, 0.5) is 5.69 Å². The minimum Gasteiger partial charge on any atom is -0.497 e. The van der Waals surface area contributed by atoms with Crippen molar-refractivity contribution in [3.8, 4) is 5.75 Å². The second-order valence-electron chi connectivity index (χ2n) is 6.12. The first-order valence-corrected chi connectivity index (χ1v) is 7.97. The molecule has 0 aliphatic carbocycles. The van der Waals surface area contributed by atoms with Gasteiger partial charge >= 0.3 is 0 Å². The molecule has 2 rings (SSSR count). The first kappa shape index (κ1) is 16.1. The number of piperazine rings is 1. The number of hydrogen-bond donors (Lipinski definition) is 1. The van der Waals surface area contributed by atoms with Gasteiger partial charge in [-0.1, -0.05) is 13.3 Å². The lowest BCUT2D eigenvalue weighted by atomic mass is 9.93. The second-order valence-corrected chi connectivity index (χ2v) is 6.12. The third-order valence-corrected chi connectivity index (χ3v) is 4.71. The molecule has 1 saturated heterocycles. The molecular formula is C17H29N3O. The van der Waals surface area contributed by atoms with Gasteiger partial charge in [0.1, 0.15) is 5.75 Å². The van der Waals surface area contributed by atoms with E-state index >= 15 is 0 Å². The van der Waals surface area contributed by atoms with Crippen molar-refractivity contribution in [1.29, 1.82) is 0 Å². The van der Waals surface area contributed by atoms with Gasteiger partial charge in [0.2, 0.25) is 0 Å². The van der Waals surface area contributed by atoms with Gasteiger partial charge in [-0.25, -0.2) is 0 Å². The predicted molar refractivity (Wildman–Crippen MR) is 89.1 cm³/mol. The van der Waals surface area contributed by atoms with Crippen molar-refractivity contribution in [2.75, 3.05) is 44.7 Å². The summed E-state index contributed by atoms with van der Waals surface area (Å²) in [6.07, 6.45) is 2.36. The lowest BCUT2D eigenvalue weighted by Crippen LogP contribution is -2.58. The molecule has 4 heteroatoms. The average Bonchev–Trinajstić information content (AvgIpc) is 2.55. The Bertz CT molecular complexity index is 426. The number of methoxy groups -OCH3 is 1. The number of nitrogens with two attached hydrogens (primary N) is 1. The van der Waals surface area contributed by atoms with Crippen LogP contribution >= 0.6 is 0 Å². The first-order chi connectivity index (χ1) is 10.1. The normalized spacial score (nSPS) is 19.3. The van der Waals surface area contributed by atoms with Crippen LogP contribution in [0.3, 0.4) is 0 Å². The van der Waals surface area contributed by atoms with E-state index in [1.807, 2.05) is 12.1 Å². The second kappa shape index (κ2) is 7.14. The highest BCUT2D eigenvalue weighted by Gasteiger charge is 2.32. The number of nitrogens with zero attached hydrogens (tertiary/aromatic N) is 2. The van der Waals surface area contributed by atoms with Crippen molar-refractivity contribution < 1.29 is 4.74 Å². The van der Waals surface area contributed by atoms with Gasteiger partial charge < -0.3 is 15.4 Å². The molecular weight excluding hydrogens is 262 g/mol. The van der Waals surface area contributed by atoms with E-state index in [-0.39, 0.29) is 5.54 Å². The number of benzene rings is 1. The maximum absolute atomic E-state index is 6.03. The first-order valence-electron chi connectivity index (χ1n) is 7.97. The van der Waals surface area contributed by atoms with Crippen LogP contribution in [-0.2, 0) is 0 Å². The molecule has 1 aromatic carbocycles. The molecule has 0 radical (unpaired) electrons. The monoisotopic (exact) mass is 291 g/mol. The lowest BCUT2D eigenvalue weighted by Gasteiger charge is -2.46. The smallest absolute Gasteiger partial charge is 0.119 e. The minimum absolute atomic E-state index is 0.154. The van der Waals surface area contributed by atoms with Crippen molar-refractivity contribution in [1.82, 2.24) is 4.90 Å². The fraction of sp³-hybridized carbons (Fsp3) is 0.647. The molecule has 1 aliphatic rings. The maximum Gasteiger partial charge on any atom is 0.119 e. The van der Waals surface area contributed by atoms with Crippen LogP contribution in [0.25, 0.3) is 0 Å². The van der Waals surface area contributed by atoms with Crippen LogP contribution in [-0.4, -0.2) is 50.3 Å². The Labute approximate surface area is 128 Å². The Morgan fingerprint density at radius 3 is 2.24 bits per heavy atom. The fourth-order valence-corrected chi connectivity index (χ4v) is 3.23. The molecule has 1 atom stereocenters. The van der Waals surface area contributed by atoms with Crippen molar-refractivity contribution in [3.05, 3.63) is 24.3 Å². The number of rotatable bonds is 6. The Kier molecular flexibility index (Phi) is 5.48. The molecule has 21 heavy (non-hydrogen) atoms. The van der Waals surface area contributed by atoms with Gasteiger partial charge in [-0.15, -0.1) is 0 Å². The molecule has 1 aliphatic heterocycles. The third kappa shape index (κ3) is 3.69. The van der Waals surface area contributed by atoms with Crippen LogP contribution in [0.2, 0.25) is 0 Å². The molecule has 1 unspecified atom stereocenters. The fourth-order valence-electron chi connectivity index (χ4n) is 3.23. The molecule has 0 bridgehead atoms. The van der Waals surface area contributed by atoms with E-state index in [4.69, 9.17) is 10.5 Å². The van der Waals surface area contributed by atoms with Crippen LogP contribution in [0.15, 0.2) is 24.3 Å². The van der Waals surface area contributed by atoms with Crippen molar-refractivity contribution in [2.45, 2.75) is 32.2 Å². The lowest BCUT2D eigenvalue weighted by molar-refractivity contribution is 0.0935. The van der Waals surface area contributed by atoms with Crippen molar-refractivity contribution >= 4 is 5.69 Å². The van der Waals surface area contributed by atoms with Gasteiger partial charge in [0.25, 0.3) is 0 Å². The van der Waals surface area contributed by atoms with Crippen LogP contribution in [0.1, 0.15) is 26.7 Å². The highest BCUT2D eigenvalue weighted by atomic mass is 16.5. The SMILES string of the molecule is CCCC(C)(CN)N1CCN(c2ccc(OC)cc2)CC1. The van der Waals surface area contributed by atoms with E-state index in [0.717, 1.165) is 38.5 Å². The summed E-state index contributed by atoms with van der Waals surface area (Å²) in [5, 5.41) is 0. The molecule has 1 aromatic rings. The van der Waals surface area contributed by atoms with Gasteiger partial charge in [-0.05, 0) is 37.6 Å². The van der Waals surface area contributed by atoms with Gasteiger partial charge in [0.15, 0.2) is 0 Å². The largest absolute Gasteiger partial charge is 0.497 e. The van der Waals surface area contributed by atoms with Gasteiger partial charge in [-0.3, -0.25) is 4.90 Å². The maximum atomic E-state index is 6.03. The Hall–Kier alpha value is -1.26. The zero-order chi connectivity index (χ0) is 15.3. The Balaban J connectivity index is 1.95. The molecule has 4 nitrogen and oxygen atoms in total. The predicted octanol–water partition coefficient (Wildman–Crippen LogP) is 2.33. The molecule has 0 aromatic heterocycles. The summed E-state index contributed by atoms with van der Waals surface area (Å²) in [7, 11) is 1.70. The highest BCUT2D eigenvalue weighted by Crippen LogP contribution is 2.25. The molecule has 0 amide bonds. The van der Waals surface area contributed by atoms with E-state index in [1.165, 1.54) is 18.5 Å². The third-order valence-electron chi connectivity index (χ3n) is 4.71. The van der Waals surface area contributed by atoms with Crippen molar-refractivity contribution in [2.24, 2.45) is 5.73 Å². The molecule has 118 valence electrons. The van der Waals surface area contributed by atoms with Crippen LogP contribution in [0.5, 0.6) is 5.75 Å². The summed E-state index contributed by atoms with van der Waals surface area (Å²) in [6.45, 7) is 9.57. The summed E-state index contributed by atoms with van der Waals surface area (Å²) in [4.78, 5) is 5.01. The van der Waals surface area contributed by atoms with Crippen LogP contribution < -0.4 is 15.4 Å². The molecule has 1 fully saturated rings. The van der Waals surface area contributed by atoms with E-state index in [1.54, 1.807) is 7.11 Å². The highest BCUT2D eigenvalue weighted by molar-refractivity contribution is 5.49. The molecule has 2 N–H and O–H groups in total. The summed E-state index contributed by atoms with van der Waals surface area (Å²) >= 11 is 0. The quantitative estimate of drug-likeness (QED) is 0.873. The topological polar surface area (TPSA) is 41.7 Å². The summed E-state index contributed by atoms with van der Waals surface area (Å²) < 4.78 is 5.22. The number of anilines is 1. The standard InChI is InChI=1S/C17H29N3O/c1-4-9-17(2,14-18)20-12-10-19(11-13-20)15-5-7-16(21-3)8-6-15/h5-8H,4,9-14,18H2,1-3H3. The Morgan fingerprint density at radius 2 is 1.76 bits per heavy atom. The summed E-state index contributed by atoms with van der Waals surface area (Å²) in [5.74, 6) is 0.913. The summed E-state index contributed by atoms with van der Waals surface area (Å²) in [6, 6.07) is 8.34. The molecule has 0 saturated carbocycles. The van der Waals surface area contributed by atoms with Gasteiger partial charge in [0.05, 0.1) is 7.11 Å². The van der Waals surface area contributed by atoms with Gasteiger partial charge in [0, 0.05) is 44.0 Å². The average molecular weight is 291 g/mol. The van der Waals surface area contributed by atoms with Gasteiger partial charge in [-0.2, -0.15) is 0 Å². The van der Waals surface area contributed by atoms with E-state index in [9.17, 15) is 0 Å².